The molecule has 1 saturated heterocycles. The molecule has 1 aromatic heterocycles. The summed E-state index contributed by atoms with van der Waals surface area (Å²) in [6, 6.07) is 11.5. The third-order valence-corrected chi connectivity index (χ3v) is 5.15. The lowest BCUT2D eigenvalue weighted by Gasteiger charge is -2.35. The number of hydrogen-bond donors (Lipinski definition) is 2. The largest absolute Gasteiger partial charge is 0.387 e. The predicted molar refractivity (Wildman–Crippen MR) is 114 cm³/mol. The lowest BCUT2D eigenvalue weighted by molar-refractivity contribution is -0.117. The summed E-state index contributed by atoms with van der Waals surface area (Å²) < 4.78 is 0. The van der Waals surface area contributed by atoms with E-state index in [1.165, 1.54) is 6.33 Å². The van der Waals surface area contributed by atoms with Gasteiger partial charge in [-0.3, -0.25) is 4.79 Å². The molecule has 150 valence electrons. The van der Waals surface area contributed by atoms with Crippen LogP contribution in [0.3, 0.4) is 0 Å². The molecule has 4 rings (SSSR count). The van der Waals surface area contributed by atoms with Crippen molar-refractivity contribution in [1.29, 1.82) is 0 Å². The quantitative estimate of drug-likeness (QED) is 0.787. The summed E-state index contributed by atoms with van der Waals surface area (Å²) in [6.07, 6.45) is 9.00. The Balaban J connectivity index is 1.37. The Labute approximate surface area is 170 Å². The highest BCUT2D eigenvalue weighted by molar-refractivity contribution is 5.97. The van der Waals surface area contributed by atoms with Gasteiger partial charge in [0.15, 0.2) is 0 Å². The van der Waals surface area contributed by atoms with Crippen molar-refractivity contribution in [1.82, 2.24) is 9.97 Å². The van der Waals surface area contributed by atoms with Crippen molar-refractivity contribution in [2.24, 2.45) is 0 Å². The van der Waals surface area contributed by atoms with Crippen LogP contribution in [-0.4, -0.2) is 53.3 Å². The van der Waals surface area contributed by atoms with Gasteiger partial charge in [0.25, 0.3) is 0 Å². The van der Waals surface area contributed by atoms with E-state index in [0.717, 1.165) is 24.1 Å². The van der Waals surface area contributed by atoms with Crippen molar-refractivity contribution < 1.29 is 9.90 Å². The normalized spacial score (nSPS) is 17.8. The molecule has 0 saturated carbocycles. The van der Waals surface area contributed by atoms with Crippen molar-refractivity contribution >= 4 is 23.2 Å². The molecule has 1 aromatic carbocycles. The minimum absolute atomic E-state index is 0.0435. The SMILES string of the molecule is O=C1CN(c2cc(NCC(O)C3=CCCC=C3)ncn2)CCN1c1ccccc1. The Morgan fingerprint density at radius 1 is 1.14 bits per heavy atom. The van der Waals surface area contributed by atoms with Crippen LogP contribution in [0, 0.1) is 0 Å². The van der Waals surface area contributed by atoms with Gasteiger partial charge in [-0.1, -0.05) is 36.4 Å². The van der Waals surface area contributed by atoms with Gasteiger partial charge in [-0.05, 0) is 30.5 Å². The second-order valence-corrected chi connectivity index (χ2v) is 7.14. The Morgan fingerprint density at radius 2 is 2.00 bits per heavy atom. The van der Waals surface area contributed by atoms with E-state index in [1.807, 2.05) is 47.4 Å². The van der Waals surface area contributed by atoms with Crippen LogP contribution < -0.4 is 15.1 Å². The van der Waals surface area contributed by atoms with Gasteiger partial charge >= 0.3 is 0 Å². The summed E-state index contributed by atoms with van der Waals surface area (Å²) >= 11 is 0. The van der Waals surface area contributed by atoms with E-state index < -0.39 is 6.10 Å². The Morgan fingerprint density at radius 3 is 2.76 bits per heavy atom. The number of aliphatic hydroxyl groups is 1. The number of nitrogens with zero attached hydrogens (tertiary/aromatic N) is 4. The zero-order valence-corrected chi connectivity index (χ0v) is 16.2. The average molecular weight is 391 g/mol. The average Bonchev–Trinajstić information content (AvgIpc) is 2.79. The third-order valence-electron chi connectivity index (χ3n) is 5.15. The zero-order valence-electron chi connectivity index (χ0n) is 16.2. The maximum Gasteiger partial charge on any atom is 0.246 e. The van der Waals surface area contributed by atoms with E-state index in [1.54, 1.807) is 4.90 Å². The van der Waals surface area contributed by atoms with E-state index in [0.29, 0.717) is 31.3 Å². The second-order valence-electron chi connectivity index (χ2n) is 7.14. The van der Waals surface area contributed by atoms with E-state index >= 15 is 0 Å². The van der Waals surface area contributed by atoms with Gasteiger partial charge < -0.3 is 20.2 Å². The lowest BCUT2D eigenvalue weighted by Crippen LogP contribution is -2.50. The Hall–Kier alpha value is -3.19. The Bertz CT molecular complexity index is 912. The lowest BCUT2D eigenvalue weighted by atomic mass is 10.0. The Kier molecular flexibility index (Phi) is 5.86. The van der Waals surface area contributed by atoms with Crippen LogP contribution >= 0.6 is 0 Å². The van der Waals surface area contributed by atoms with Gasteiger partial charge in [-0.15, -0.1) is 0 Å². The molecule has 0 bridgehead atoms. The van der Waals surface area contributed by atoms with Crippen LogP contribution in [0.15, 0.2) is 66.5 Å². The minimum Gasteiger partial charge on any atom is -0.387 e. The minimum atomic E-state index is -0.582. The first-order chi connectivity index (χ1) is 14.2. The number of amides is 1. The molecule has 2 heterocycles. The molecule has 1 aliphatic heterocycles. The molecule has 2 aliphatic rings. The summed E-state index contributed by atoms with van der Waals surface area (Å²) in [5, 5.41) is 13.5. The number of para-hydroxylation sites is 1. The first-order valence-electron chi connectivity index (χ1n) is 9.91. The van der Waals surface area contributed by atoms with Gasteiger partial charge in [0.2, 0.25) is 5.91 Å². The summed E-state index contributed by atoms with van der Waals surface area (Å²) in [6.45, 7) is 1.94. The molecule has 2 aromatic rings. The van der Waals surface area contributed by atoms with E-state index in [4.69, 9.17) is 0 Å². The van der Waals surface area contributed by atoms with Crippen molar-refractivity contribution in [3.8, 4) is 0 Å². The molecule has 1 aliphatic carbocycles. The molecule has 0 spiro atoms. The van der Waals surface area contributed by atoms with E-state index in [-0.39, 0.29) is 12.5 Å². The van der Waals surface area contributed by atoms with Crippen LogP contribution in [0.2, 0.25) is 0 Å². The van der Waals surface area contributed by atoms with Crippen LogP contribution in [0.25, 0.3) is 0 Å². The highest BCUT2D eigenvalue weighted by Gasteiger charge is 2.26. The monoisotopic (exact) mass is 391 g/mol. The number of hydrogen-bond acceptors (Lipinski definition) is 6. The topological polar surface area (TPSA) is 81.6 Å². The van der Waals surface area contributed by atoms with Crippen molar-refractivity contribution in [3.63, 3.8) is 0 Å². The molecule has 0 radical (unpaired) electrons. The first kappa shape index (κ1) is 19.1. The number of nitrogens with one attached hydrogen (secondary N) is 1. The molecule has 1 unspecified atom stereocenters. The molecule has 2 N–H and O–H groups in total. The van der Waals surface area contributed by atoms with E-state index in [2.05, 4.69) is 27.4 Å². The number of aliphatic hydroxyl groups excluding tert-OH is 1. The second kappa shape index (κ2) is 8.87. The third kappa shape index (κ3) is 4.63. The van der Waals surface area contributed by atoms with Gasteiger partial charge in [-0.25, -0.2) is 9.97 Å². The molecule has 1 fully saturated rings. The number of rotatable bonds is 6. The van der Waals surface area contributed by atoms with E-state index in [9.17, 15) is 9.90 Å². The maximum atomic E-state index is 12.6. The van der Waals surface area contributed by atoms with Crippen molar-refractivity contribution in [2.45, 2.75) is 18.9 Å². The standard InChI is InChI=1S/C22H25N5O2/c28-19(17-7-3-1-4-8-17)14-23-20-13-21(25-16-24-20)26-11-12-27(22(29)15-26)18-9-5-2-6-10-18/h2-3,5-10,13,16,19,28H,1,4,11-12,14-15H2,(H,23,24,25). The maximum absolute atomic E-state index is 12.6. The number of carbonyl (C=O) groups excluding carboxylic acids is 1. The number of carbonyl (C=O) groups is 1. The summed E-state index contributed by atoms with van der Waals surface area (Å²) in [5.41, 5.74) is 1.85. The smallest absolute Gasteiger partial charge is 0.246 e. The number of allylic oxidation sites excluding steroid dienone is 2. The fraction of sp³-hybridized carbons (Fsp3) is 0.318. The summed E-state index contributed by atoms with van der Waals surface area (Å²) in [4.78, 5) is 25.0. The van der Waals surface area contributed by atoms with Crippen LogP contribution in [0.5, 0.6) is 0 Å². The fourth-order valence-corrected chi connectivity index (χ4v) is 3.57. The number of aromatic nitrogens is 2. The summed E-state index contributed by atoms with van der Waals surface area (Å²) in [5.74, 6) is 1.38. The molecule has 1 amide bonds. The van der Waals surface area contributed by atoms with Crippen LogP contribution in [0.1, 0.15) is 12.8 Å². The molecule has 7 nitrogen and oxygen atoms in total. The number of benzene rings is 1. The molecule has 1 atom stereocenters. The zero-order chi connectivity index (χ0) is 20.1. The summed E-state index contributed by atoms with van der Waals surface area (Å²) in [7, 11) is 0. The van der Waals surface area contributed by atoms with Gasteiger partial charge in [-0.2, -0.15) is 0 Å². The first-order valence-corrected chi connectivity index (χ1v) is 9.91. The predicted octanol–water partition coefficient (Wildman–Crippen LogP) is 2.38. The highest BCUT2D eigenvalue weighted by Crippen LogP contribution is 2.21. The van der Waals surface area contributed by atoms with Crippen molar-refractivity contribution in [3.05, 3.63) is 66.5 Å². The molecular formula is C22H25N5O2. The van der Waals surface area contributed by atoms with Gasteiger partial charge in [0.05, 0.1) is 12.6 Å². The molecule has 29 heavy (non-hydrogen) atoms. The number of piperazine rings is 1. The van der Waals surface area contributed by atoms with Crippen molar-refractivity contribution in [2.75, 3.05) is 41.3 Å². The van der Waals surface area contributed by atoms with Gasteiger partial charge in [0, 0.05) is 31.4 Å². The van der Waals surface area contributed by atoms with Gasteiger partial charge in [0.1, 0.15) is 18.0 Å². The fourth-order valence-electron chi connectivity index (χ4n) is 3.57. The highest BCUT2D eigenvalue weighted by atomic mass is 16.3. The van der Waals surface area contributed by atoms with Crippen LogP contribution in [0.4, 0.5) is 17.3 Å². The number of anilines is 3. The molecular weight excluding hydrogens is 366 g/mol. The molecule has 7 heteroatoms. The van der Waals surface area contributed by atoms with Crippen LogP contribution in [-0.2, 0) is 4.79 Å².